The number of nitrogens with one attached hydrogen (secondary N) is 1. The van der Waals surface area contributed by atoms with Crippen LogP contribution < -0.4 is 5.32 Å². The van der Waals surface area contributed by atoms with Gasteiger partial charge in [-0.05, 0) is 30.2 Å². The highest BCUT2D eigenvalue weighted by Crippen LogP contribution is 2.21. The van der Waals surface area contributed by atoms with E-state index in [1.807, 2.05) is 18.2 Å². The Morgan fingerprint density at radius 2 is 2.00 bits per heavy atom. The molecule has 1 unspecified atom stereocenters. The van der Waals surface area contributed by atoms with Crippen molar-refractivity contribution in [2.45, 2.75) is 32.4 Å². The lowest BCUT2D eigenvalue weighted by atomic mass is 10.0. The lowest BCUT2D eigenvalue weighted by molar-refractivity contribution is 0.489. The van der Waals surface area contributed by atoms with Crippen LogP contribution in [-0.2, 0) is 6.54 Å². The summed E-state index contributed by atoms with van der Waals surface area (Å²) >= 11 is 5.92. The van der Waals surface area contributed by atoms with Crippen molar-refractivity contribution in [1.82, 2.24) is 5.32 Å². The average Bonchev–Trinajstić information content (AvgIpc) is 2.89. The molecule has 18 heavy (non-hydrogen) atoms. The summed E-state index contributed by atoms with van der Waals surface area (Å²) in [7, 11) is 0. The van der Waals surface area contributed by atoms with E-state index in [0.29, 0.717) is 6.04 Å². The van der Waals surface area contributed by atoms with Crippen molar-refractivity contribution in [2.24, 2.45) is 0 Å². The number of rotatable bonds is 6. The largest absolute Gasteiger partial charge is 0.472 e. The van der Waals surface area contributed by atoms with Crippen LogP contribution in [0.1, 0.15) is 36.9 Å². The monoisotopic (exact) mass is 263 g/mol. The SMILES string of the molecule is CCCC(NCc1ccoc1)c1ccc(Cl)cc1. The molecule has 0 aliphatic carbocycles. The Bertz CT molecular complexity index is 450. The lowest BCUT2D eigenvalue weighted by Crippen LogP contribution is -2.20. The summed E-state index contributed by atoms with van der Waals surface area (Å²) in [5.41, 5.74) is 2.45. The molecule has 1 heterocycles. The van der Waals surface area contributed by atoms with Crippen LogP contribution in [-0.4, -0.2) is 0 Å². The van der Waals surface area contributed by atoms with E-state index in [2.05, 4.69) is 24.4 Å². The Morgan fingerprint density at radius 1 is 1.22 bits per heavy atom. The average molecular weight is 264 g/mol. The second kappa shape index (κ2) is 6.62. The van der Waals surface area contributed by atoms with Gasteiger partial charge in [-0.15, -0.1) is 0 Å². The molecule has 1 atom stereocenters. The van der Waals surface area contributed by atoms with Crippen molar-refractivity contribution in [3.05, 3.63) is 59.0 Å². The van der Waals surface area contributed by atoms with Gasteiger partial charge >= 0.3 is 0 Å². The van der Waals surface area contributed by atoms with Crippen molar-refractivity contribution in [3.8, 4) is 0 Å². The summed E-state index contributed by atoms with van der Waals surface area (Å²) < 4.78 is 5.07. The third-order valence-electron chi connectivity index (χ3n) is 2.98. The number of hydrogen-bond donors (Lipinski definition) is 1. The minimum absolute atomic E-state index is 0.363. The van der Waals surface area contributed by atoms with Crippen LogP contribution in [0, 0.1) is 0 Å². The van der Waals surface area contributed by atoms with Gasteiger partial charge in [0.05, 0.1) is 12.5 Å². The van der Waals surface area contributed by atoms with Crippen LogP contribution in [0.25, 0.3) is 0 Å². The van der Waals surface area contributed by atoms with Gasteiger partial charge in [-0.25, -0.2) is 0 Å². The van der Waals surface area contributed by atoms with E-state index in [4.69, 9.17) is 16.0 Å². The van der Waals surface area contributed by atoms with Gasteiger partial charge in [0.2, 0.25) is 0 Å². The second-order valence-corrected chi connectivity index (χ2v) is 4.84. The molecule has 0 saturated heterocycles. The number of furan rings is 1. The molecule has 0 bridgehead atoms. The first-order valence-electron chi connectivity index (χ1n) is 6.29. The van der Waals surface area contributed by atoms with Crippen LogP contribution in [0.4, 0.5) is 0 Å². The van der Waals surface area contributed by atoms with E-state index in [-0.39, 0.29) is 0 Å². The van der Waals surface area contributed by atoms with Gasteiger partial charge in [-0.1, -0.05) is 37.1 Å². The predicted molar refractivity (Wildman–Crippen MR) is 74.6 cm³/mol. The molecule has 0 amide bonds. The summed E-state index contributed by atoms with van der Waals surface area (Å²) in [5.74, 6) is 0. The smallest absolute Gasteiger partial charge is 0.0947 e. The molecule has 0 aliphatic rings. The Balaban J connectivity index is 2.01. The summed E-state index contributed by atoms with van der Waals surface area (Å²) in [5, 5.41) is 4.34. The normalized spacial score (nSPS) is 12.6. The highest BCUT2D eigenvalue weighted by molar-refractivity contribution is 6.30. The first kappa shape index (κ1) is 13.2. The molecule has 0 spiro atoms. The molecular formula is C15H18ClNO. The molecule has 96 valence electrons. The fraction of sp³-hybridized carbons (Fsp3) is 0.333. The van der Waals surface area contributed by atoms with Gasteiger partial charge in [0.1, 0.15) is 0 Å². The van der Waals surface area contributed by atoms with Gasteiger partial charge < -0.3 is 9.73 Å². The van der Waals surface area contributed by atoms with E-state index in [9.17, 15) is 0 Å². The van der Waals surface area contributed by atoms with Gasteiger partial charge in [0.15, 0.2) is 0 Å². The number of halogens is 1. The molecule has 0 radical (unpaired) electrons. The van der Waals surface area contributed by atoms with Crippen LogP contribution in [0.5, 0.6) is 0 Å². The Morgan fingerprint density at radius 3 is 2.61 bits per heavy atom. The fourth-order valence-electron chi connectivity index (χ4n) is 2.00. The van der Waals surface area contributed by atoms with Crippen LogP contribution in [0.2, 0.25) is 5.02 Å². The first-order chi connectivity index (χ1) is 8.79. The van der Waals surface area contributed by atoms with E-state index in [1.54, 1.807) is 12.5 Å². The Labute approximate surface area is 113 Å². The first-order valence-corrected chi connectivity index (χ1v) is 6.67. The molecule has 0 saturated carbocycles. The predicted octanol–water partition coefficient (Wildman–Crippen LogP) is 4.56. The highest BCUT2D eigenvalue weighted by Gasteiger charge is 2.10. The summed E-state index contributed by atoms with van der Waals surface area (Å²) in [6, 6.07) is 10.4. The summed E-state index contributed by atoms with van der Waals surface area (Å²) in [6.45, 7) is 3.02. The van der Waals surface area contributed by atoms with Gasteiger partial charge in [-0.2, -0.15) is 0 Å². The quantitative estimate of drug-likeness (QED) is 0.826. The van der Waals surface area contributed by atoms with Gasteiger partial charge in [-0.3, -0.25) is 0 Å². The maximum absolute atomic E-state index is 5.92. The Hall–Kier alpha value is -1.25. The molecule has 2 aromatic rings. The molecule has 1 N–H and O–H groups in total. The van der Waals surface area contributed by atoms with Gasteiger partial charge in [0, 0.05) is 23.2 Å². The number of hydrogen-bond acceptors (Lipinski definition) is 2. The van der Waals surface area contributed by atoms with Crippen molar-refractivity contribution in [3.63, 3.8) is 0 Å². The molecule has 0 aliphatic heterocycles. The zero-order chi connectivity index (χ0) is 12.8. The molecule has 1 aromatic carbocycles. The zero-order valence-corrected chi connectivity index (χ0v) is 11.3. The molecule has 2 nitrogen and oxygen atoms in total. The maximum atomic E-state index is 5.92. The topological polar surface area (TPSA) is 25.2 Å². The molecular weight excluding hydrogens is 246 g/mol. The standard InChI is InChI=1S/C15H18ClNO/c1-2-3-15(13-4-6-14(16)7-5-13)17-10-12-8-9-18-11-12/h4-9,11,15,17H,2-3,10H2,1H3. The molecule has 2 rings (SSSR count). The minimum atomic E-state index is 0.363. The third kappa shape index (κ3) is 3.62. The van der Waals surface area contributed by atoms with E-state index in [0.717, 1.165) is 24.4 Å². The van der Waals surface area contributed by atoms with Crippen molar-refractivity contribution >= 4 is 11.6 Å². The molecule has 1 aromatic heterocycles. The van der Waals surface area contributed by atoms with Gasteiger partial charge in [0.25, 0.3) is 0 Å². The van der Waals surface area contributed by atoms with Crippen molar-refractivity contribution < 1.29 is 4.42 Å². The summed E-state index contributed by atoms with van der Waals surface area (Å²) in [4.78, 5) is 0. The van der Waals surface area contributed by atoms with Crippen LogP contribution in [0.15, 0.2) is 47.3 Å². The maximum Gasteiger partial charge on any atom is 0.0947 e. The van der Waals surface area contributed by atoms with E-state index < -0.39 is 0 Å². The van der Waals surface area contributed by atoms with E-state index in [1.165, 1.54) is 11.1 Å². The summed E-state index contributed by atoms with van der Waals surface area (Å²) in [6.07, 6.45) is 5.73. The molecule has 0 fully saturated rings. The fourth-order valence-corrected chi connectivity index (χ4v) is 2.13. The third-order valence-corrected chi connectivity index (χ3v) is 3.23. The van der Waals surface area contributed by atoms with Crippen LogP contribution in [0.3, 0.4) is 0 Å². The number of benzene rings is 1. The van der Waals surface area contributed by atoms with Crippen molar-refractivity contribution in [2.75, 3.05) is 0 Å². The van der Waals surface area contributed by atoms with E-state index >= 15 is 0 Å². The highest BCUT2D eigenvalue weighted by atomic mass is 35.5. The van der Waals surface area contributed by atoms with Crippen LogP contribution >= 0.6 is 11.6 Å². The Kier molecular flexibility index (Phi) is 4.85. The van der Waals surface area contributed by atoms with Crippen molar-refractivity contribution in [1.29, 1.82) is 0 Å². The molecule has 3 heteroatoms. The second-order valence-electron chi connectivity index (χ2n) is 4.41. The lowest BCUT2D eigenvalue weighted by Gasteiger charge is -2.18. The minimum Gasteiger partial charge on any atom is -0.472 e. The zero-order valence-electron chi connectivity index (χ0n) is 10.5.